The Morgan fingerprint density at radius 2 is 1.14 bits per heavy atom. The molecule has 0 aromatic carbocycles. The van der Waals surface area contributed by atoms with Gasteiger partial charge in [0, 0.05) is 23.8 Å². The van der Waals surface area contributed by atoms with Crippen LogP contribution in [0.25, 0.3) is 0 Å². The maximum atomic E-state index is 8.52. The van der Waals surface area contributed by atoms with Crippen LogP contribution in [0.4, 0.5) is 0 Å². The van der Waals surface area contributed by atoms with Gasteiger partial charge in [-0.05, 0) is 51.0 Å². The Morgan fingerprint density at radius 1 is 0.818 bits per heavy atom. The molecule has 0 N–H and O–H groups in total. The first-order valence-electron chi connectivity index (χ1n) is 6.43. The van der Waals surface area contributed by atoms with Crippen LogP contribution in [-0.4, -0.2) is 16.8 Å². The molecule has 0 aliphatic carbocycles. The van der Waals surface area contributed by atoms with Crippen LogP contribution in [0.5, 0.6) is 0 Å². The lowest BCUT2D eigenvalue weighted by Gasteiger charge is -1.95. The third-order valence-corrected chi connectivity index (χ3v) is 2.74. The first-order valence-corrected chi connectivity index (χ1v) is 6.43. The Kier molecular flexibility index (Phi) is 8.43. The molecule has 0 bridgehead atoms. The summed E-state index contributed by atoms with van der Waals surface area (Å²) in [6.07, 6.45) is 3.20. The summed E-state index contributed by atoms with van der Waals surface area (Å²) in [6.45, 7) is 9.64. The number of pyridine rings is 2. The van der Waals surface area contributed by atoms with Crippen LogP contribution >= 0.6 is 0 Å². The lowest BCUT2D eigenvalue weighted by Crippen LogP contribution is -1.86. The second kappa shape index (κ2) is 9.79. The molecule has 0 aliphatic heterocycles. The Hall–Kier alpha value is -3.05. The van der Waals surface area contributed by atoms with E-state index in [1.807, 2.05) is 46.6 Å². The van der Waals surface area contributed by atoms with Gasteiger partial charge in [-0.1, -0.05) is 0 Å². The highest BCUT2D eigenvalue weighted by molar-refractivity contribution is 5.35. The van der Waals surface area contributed by atoms with Gasteiger partial charge >= 0.3 is 0 Å². The van der Waals surface area contributed by atoms with Crippen LogP contribution in [0.15, 0.2) is 24.5 Å². The molecule has 0 amide bonds. The number of rotatable bonds is 0. The fourth-order valence-electron chi connectivity index (χ4n) is 1.63. The van der Waals surface area contributed by atoms with Crippen LogP contribution in [-0.2, 0) is 4.79 Å². The fourth-order valence-corrected chi connectivity index (χ4v) is 1.63. The largest absolute Gasteiger partial charge is 0.307 e. The molecular formula is C17H18N4O. The van der Waals surface area contributed by atoms with Crippen LogP contribution in [0.1, 0.15) is 33.6 Å². The van der Waals surface area contributed by atoms with E-state index in [-0.39, 0.29) is 0 Å². The van der Waals surface area contributed by atoms with E-state index in [1.54, 1.807) is 12.4 Å². The van der Waals surface area contributed by atoms with Crippen molar-refractivity contribution in [3.8, 4) is 12.1 Å². The molecule has 0 unspecified atom stereocenters. The number of aryl methyl sites for hydroxylation is 4. The molecule has 2 heterocycles. The van der Waals surface area contributed by atoms with Crippen molar-refractivity contribution in [2.45, 2.75) is 27.7 Å². The highest BCUT2D eigenvalue weighted by atomic mass is 16.1. The second-order valence-electron chi connectivity index (χ2n) is 4.50. The lowest BCUT2D eigenvalue weighted by molar-refractivity contribution is -0.0979. The summed E-state index contributed by atoms with van der Waals surface area (Å²) in [5, 5.41) is 17.0. The second-order valence-corrected chi connectivity index (χ2v) is 4.50. The van der Waals surface area contributed by atoms with Gasteiger partial charge in [0.2, 0.25) is 0 Å². The molecule has 0 fully saturated rings. The molecule has 5 nitrogen and oxygen atoms in total. The highest BCUT2D eigenvalue weighted by Crippen LogP contribution is 2.05. The molecule has 0 radical (unpaired) electrons. The highest BCUT2D eigenvalue weighted by Gasteiger charge is 1.96. The zero-order valence-corrected chi connectivity index (χ0v) is 13.2. The summed E-state index contributed by atoms with van der Waals surface area (Å²) in [7, 11) is 0. The third-order valence-electron chi connectivity index (χ3n) is 2.74. The summed E-state index contributed by atoms with van der Waals surface area (Å²) >= 11 is 0. The summed E-state index contributed by atoms with van der Waals surface area (Å²) in [5.41, 5.74) is 5.22. The summed E-state index contributed by atoms with van der Waals surface area (Å²) in [5.74, 6) is 0. The van der Waals surface area contributed by atoms with Gasteiger partial charge in [-0.3, -0.25) is 9.97 Å². The molecule has 0 saturated carbocycles. The van der Waals surface area contributed by atoms with E-state index < -0.39 is 0 Å². The number of nitrogens with zero attached hydrogens (tertiary/aromatic N) is 4. The number of aromatic nitrogens is 2. The zero-order chi connectivity index (χ0) is 17.1. The molecule has 5 heteroatoms. The minimum absolute atomic E-state index is 0.658. The summed E-state index contributed by atoms with van der Waals surface area (Å²) in [4.78, 5) is 16.0. The molecule has 2 rings (SSSR count). The van der Waals surface area contributed by atoms with Crippen molar-refractivity contribution in [3.63, 3.8) is 0 Å². The van der Waals surface area contributed by atoms with Gasteiger partial charge in [0.25, 0.3) is 0 Å². The van der Waals surface area contributed by atoms with Gasteiger partial charge in [-0.25, -0.2) is 0 Å². The molecule has 0 spiro atoms. The van der Waals surface area contributed by atoms with Gasteiger partial charge in [-0.2, -0.15) is 10.5 Å². The first kappa shape index (κ1) is 18.9. The van der Waals surface area contributed by atoms with Crippen molar-refractivity contribution in [2.24, 2.45) is 0 Å². The van der Waals surface area contributed by atoms with Gasteiger partial charge in [0.1, 0.15) is 18.9 Å². The summed E-state index contributed by atoms with van der Waals surface area (Å²) < 4.78 is 0. The minimum Gasteiger partial charge on any atom is -0.307 e. The van der Waals surface area contributed by atoms with Gasteiger partial charge in [0.05, 0.1) is 11.1 Å². The number of hydrogen-bond donors (Lipinski definition) is 0. The van der Waals surface area contributed by atoms with Gasteiger partial charge < -0.3 is 4.79 Å². The van der Waals surface area contributed by atoms with Crippen molar-refractivity contribution in [3.05, 3.63) is 58.2 Å². The van der Waals surface area contributed by atoms with Crippen molar-refractivity contribution in [1.82, 2.24) is 9.97 Å². The quantitative estimate of drug-likeness (QED) is 0.745. The number of hydrogen-bond acceptors (Lipinski definition) is 5. The Bertz CT molecular complexity index is 650. The number of carbonyl (C=O) groups excluding carboxylic acids is 1. The van der Waals surface area contributed by atoms with Crippen LogP contribution in [0.2, 0.25) is 0 Å². The average molecular weight is 294 g/mol. The molecule has 0 atom stereocenters. The average Bonchev–Trinajstić information content (AvgIpc) is 2.50. The fraction of sp³-hybridized carbons (Fsp3) is 0.235. The topological polar surface area (TPSA) is 90.4 Å². The standard InChI is InChI=1S/2C8H8N2.CH2O/c2*1-6-3-7(2)10-5-8(6)4-9;1-2/h2*3,5H,1-2H3;1H2. The zero-order valence-electron chi connectivity index (χ0n) is 13.2. The maximum absolute atomic E-state index is 8.52. The molecule has 112 valence electrons. The molecular weight excluding hydrogens is 276 g/mol. The van der Waals surface area contributed by atoms with Crippen LogP contribution in [0, 0.1) is 50.4 Å². The number of carbonyl (C=O) groups is 1. The predicted octanol–water partition coefficient (Wildman–Crippen LogP) is 2.96. The van der Waals surface area contributed by atoms with Crippen molar-refractivity contribution >= 4 is 6.79 Å². The third kappa shape index (κ3) is 5.94. The van der Waals surface area contributed by atoms with Crippen LogP contribution in [0.3, 0.4) is 0 Å². The Labute approximate surface area is 130 Å². The maximum Gasteiger partial charge on any atom is 0.106 e. The van der Waals surface area contributed by atoms with Crippen molar-refractivity contribution in [2.75, 3.05) is 0 Å². The smallest absolute Gasteiger partial charge is 0.106 e. The predicted molar refractivity (Wildman–Crippen MR) is 84.0 cm³/mol. The van der Waals surface area contributed by atoms with E-state index in [0.29, 0.717) is 11.1 Å². The van der Waals surface area contributed by atoms with E-state index in [9.17, 15) is 0 Å². The molecule has 22 heavy (non-hydrogen) atoms. The van der Waals surface area contributed by atoms with Crippen molar-refractivity contribution < 1.29 is 4.79 Å². The molecule has 0 saturated heterocycles. The lowest BCUT2D eigenvalue weighted by atomic mass is 10.1. The Balaban J connectivity index is 0.000000360. The minimum atomic E-state index is 0.658. The van der Waals surface area contributed by atoms with E-state index in [4.69, 9.17) is 15.3 Å². The van der Waals surface area contributed by atoms with Gasteiger partial charge in [0.15, 0.2) is 0 Å². The van der Waals surface area contributed by atoms with E-state index in [1.165, 1.54) is 0 Å². The first-order chi connectivity index (χ1) is 10.5. The number of nitriles is 2. The monoisotopic (exact) mass is 294 g/mol. The molecule has 0 aliphatic rings. The normalized spacial score (nSPS) is 8.27. The molecule has 2 aromatic rings. The SMILES string of the molecule is C=O.Cc1cc(C)c(C#N)cn1.Cc1cc(C)c(C#N)cn1. The van der Waals surface area contributed by atoms with E-state index in [0.717, 1.165) is 22.5 Å². The van der Waals surface area contributed by atoms with Gasteiger partial charge in [-0.15, -0.1) is 0 Å². The Morgan fingerprint density at radius 3 is 1.36 bits per heavy atom. The summed E-state index contributed by atoms with van der Waals surface area (Å²) in [6, 6.07) is 7.92. The molecule has 2 aromatic heterocycles. The van der Waals surface area contributed by atoms with E-state index in [2.05, 4.69) is 22.1 Å². The van der Waals surface area contributed by atoms with E-state index >= 15 is 0 Å². The van der Waals surface area contributed by atoms with Crippen LogP contribution < -0.4 is 0 Å². The van der Waals surface area contributed by atoms with Crippen molar-refractivity contribution in [1.29, 1.82) is 10.5 Å².